The molecule has 0 atom stereocenters. The second kappa shape index (κ2) is 6.11. The Morgan fingerprint density at radius 2 is 1.10 bits per heavy atom. The van der Waals surface area contributed by atoms with Crippen LogP contribution in [0.5, 0.6) is 0 Å². The van der Waals surface area contributed by atoms with E-state index in [-0.39, 0.29) is 0 Å². The van der Waals surface area contributed by atoms with Gasteiger partial charge in [-0.05, 0) is 36.4 Å². The minimum absolute atomic E-state index is 0.658. The maximum atomic E-state index is 9.38. The van der Waals surface area contributed by atoms with Crippen molar-refractivity contribution in [2.45, 2.75) is 0 Å². The van der Waals surface area contributed by atoms with Crippen LogP contribution in [-0.2, 0) is 0 Å². The Labute approximate surface area is 124 Å². The Hall–Kier alpha value is -2.78. The molecule has 3 rings (SSSR count). The minimum Gasteiger partial charge on any atom is -0.308 e. The van der Waals surface area contributed by atoms with Gasteiger partial charge in [0.1, 0.15) is 0 Å². The fourth-order valence-electron chi connectivity index (χ4n) is 2.34. The number of hydrogen-bond acceptors (Lipinski definition) is 3. The van der Waals surface area contributed by atoms with E-state index in [9.17, 15) is 5.21 Å². The minimum atomic E-state index is 0.658. The highest BCUT2D eigenvalue weighted by Gasteiger charge is 2.14. The van der Waals surface area contributed by atoms with Gasteiger partial charge in [0, 0.05) is 11.4 Å². The van der Waals surface area contributed by atoms with Crippen molar-refractivity contribution in [3.05, 3.63) is 84.9 Å². The Balaban J connectivity index is 2.17. The molecule has 0 aliphatic carbocycles. The smallest absolute Gasteiger partial charge is 0.0842 e. The summed E-state index contributed by atoms with van der Waals surface area (Å²) >= 11 is 0. The normalized spacial score (nSPS) is 10.1. The molecule has 0 heterocycles. The first kappa shape index (κ1) is 13.2. The predicted octanol–water partition coefficient (Wildman–Crippen LogP) is 4.96. The zero-order chi connectivity index (χ0) is 14.5. The number of para-hydroxylation sites is 4. The Kier molecular flexibility index (Phi) is 3.85. The van der Waals surface area contributed by atoms with Crippen LogP contribution in [0.3, 0.4) is 0 Å². The van der Waals surface area contributed by atoms with Crippen molar-refractivity contribution in [3.63, 3.8) is 0 Å². The molecule has 0 aromatic heterocycles. The topological polar surface area (TPSA) is 35.5 Å². The second-order valence-corrected chi connectivity index (χ2v) is 4.64. The zero-order valence-electron chi connectivity index (χ0n) is 11.5. The number of nitrogens with one attached hydrogen (secondary N) is 1. The van der Waals surface area contributed by atoms with Gasteiger partial charge in [0.05, 0.1) is 11.4 Å². The maximum absolute atomic E-state index is 9.38. The summed E-state index contributed by atoms with van der Waals surface area (Å²) < 4.78 is 0. The van der Waals surface area contributed by atoms with Gasteiger partial charge in [-0.1, -0.05) is 48.5 Å². The molecule has 0 aliphatic rings. The van der Waals surface area contributed by atoms with Gasteiger partial charge in [-0.15, -0.1) is 0 Å². The summed E-state index contributed by atoms with van der Waals surface area (Å²) in [5, 5.41) is 9.38. The molecular formula is C18H16N2O. The molecule has 3 aromatic rings. The summed E-state index contributed by atoms with van der Waals surface area (Å²) in [5.74, 6) is 0. The average molecular weight is 276 g/mol. The third-order valence-corrected chi connectivity index (χ3v) is 3.29. The Morgan fingerprint density at radius 1 is 0.619 bits per heavy atom. The van der Waals surface area contributed by atoms with E-state index in [0.29, 0.717) is 5.69 Å². The first-order valence-electron chi connectivity index (χ1n) is 6.79. The molecule has 0 aliphatic heterocycles. The van der Waals surface area contributed by atoms with Crippen LogP contribution >= 0.6 is 0 Å². The van der Waals surface area contributed by atoms with Gasteiger partial charge in [0.25, 0.3) is 0 Å². The van der Waals surface area contributed by atoms with Crippen molar-refractivity contribution >= 4 is 22.7 Å². The number of benzene rings is 3. The highest BCUT2D eigenvalue weighted by Crippen LogP contribution is 2.38. The molecule has 3 aromatic carbocycles. The van der Waals surface area contributed by atoms with Crippen molar-refractivity contribution in [1.29, 1.82) is 0 Å². The molecule has 3 nitrogen and oxygen atoms in total. The van der Waals surface area contributed by atoms with Gasteiger partial charge in [0.15, 0.2) is 0 Å². The van der Waals surface area contributed by atoms with E-state index in [0.717, 1.165) is 17.1 Å². The highest BCUT2D eigenvalue weighted by atomic mass is 16.5. The zero-order valence-corrected chi connectivity index (χ0v) is 11.5. The summed E-state index contributed by atoms with van der Waals surface area (Å²) in [4.78, 5) is 2.10. The summed E-state index contributed by atoms with van der Waals surface area (Å²) in [6, 6.07) is 27.8. The molecule has 0 saturated carbocycles. The van der Waals surface area contributed by atoms with Gasteiger partial charge in [0.2, 0.25) is 0 Å². The average Bonchev–Trinajstić information content (AvgIpc) is 2.58. The van der Waals surface area contributed by atoms with E-state index in [4.69, 9.17) is 0 Å². The molecule has 0 radical (unpaired) electrons. The number of nitrogens with zero attached hydrogens (tertiary/aromatic N) is 1. The van der Waals surface area contributed by atoms with E-state index in [1.165, 1.54) is 0 Å². The highest BCUT2D eigenvalue weighted by molar-refractivity contribution is 5.83. The van der Waals surface area contributed by atoms with E-state index in [1.807, 2.05) is 84.9 Å². The van der Waals surface area contributed by atoms with Gasteiger partial charge in [-0.3, -0.25) is 10.7 Å². The lowest BCUT2D eigenvalue weighted by atomic mass is 10.1. The molecule has 0 bridgehead atoms. The number of anilines is 4. The lowest BCUT2D eigenvalue weighted by molar-refractivity contribution is 0.389. The van der Waals surface area contributed by atoms with Gasteiger partial charge < -0.3 is 4.90 Å². The van der Waals surface area contributed by atoms with Crippen molar-refractivity contribution < 1.29 is 5.21 Å². The first-order valence-corrected chi connectivity index (χ1v) is 6.79. The van der Waals surface area contributed by atoms with E-state index in [1.54, 1.807) is 0 Å². The predicted molar refractivity (Wildman–Crippen MR) is 86.5 cm³/mol. The summed E-state index contributed by atoms with van der Waals surface area (Å²) in [5.41, 5.74) is 5.89. The van der Waals surface area contributed by atoms with Crippen molar-refractivity contribution in [2.75, 3.05) is 10.4 Å². The van der Waals surface area contributed by atoms with Crippen LogP contribution in [0.4, 0.5) is 22.7 Å². The van der Waals surface area contributed by atoms with Crippen LogP contribution in [-0.4, -0.2) is 5.21 Å². The molecule has 104 valence electrons. The van der Waals surface area contributed by atoms with Gasteiger partial charge in [-0.25, -0.2) is 0 Å². The molecule has 0 amide bonds. The molecular weight excluding hydrogens is 260 g/mol. The lowest BCUT2D eigenvalue weighted by Gasteiger charge is -2.27. The largest absolute Gasteiger partial charge is 0.308 e. The van der Waals surface area contributed by atoms with Crippen molar-refractivity contribution in [3.8, 4) is 0 Å². The van der Waals surface area contributed by atoms with Gasteiger partial charge in [-0.2, -0.15) is 0 Å². The third kappa shape index (κ3) is 2.73. The lowest BCUT2D eigenvalue weighted by Crippen LogP contribution is -2.11. The molecule has 0 unspecified atom stereocenters. The van der Waals surface area contributed by atoms with Crippen LogP contribution < -0.4 is 10.4 Å². The van der Waals surface area contributed by atoms with E-state index < -0.39 is 0 Å². The molecule has 0 spiro atoms. The van der Waals surface area contributed by atoms with Crippen LogP contribution in [0.2, 0.25) is 0 Å². The number of rotatable bonds is 4. The first-order chi connectivity index (χ1) is 10.4. The van der Waals surface area contributed by atoms with Crippen LogP contribution in [0.25, 0.3) is 0 Å². The van der Waals surface area contributed by atoms with Gasteiger partial charge >= 0.3 is 0 Å². The molecule has 3 heteroatoms. The van der Waals surface area contributed by atoms with Crippen LogP contribution in [0.1, 0.15) is 0 Å². The van der Waals surface area contributed by atoms with Crippen molar-refractivity contribution in [1.82, 2.24) is 0 Å². The van der Waals surface area contributed by atoms with E-state index in [2.05, 4.69) is 10.4 Å². The quantitative estimate of drug-likeness (QED) is 0.661. The maximum Gasteiger partial charge on any atom is 0.0842 e. The molecule has 21 heavy (non-hydrogen) atoms. The number of hydrogen-bond donors (Lipinski definition) is 2. The SMILES string of the molecule is ONc1ccccc1N(c1ccccc1)c1ccccc1. The Bertz CT molecular complexity index is 659. The molecule has 0 saturated heterocycles. The summed E-state index contributed by atoms with van der Waals surface area (Å²) in [6.07, 6.45) is 0. The van der Waals surface area contributed by atoms with Crippen LogP contribution in [0, 0.1) is 0 Å². The van der Waals surface area contributed by atoms with E-state index >= 15 is 0 Å². The molecule has 2 N–H and O–H groups in total. The monoisotopic (exact) mass is 276 g/mol. The van der Waals surface area contributed by atoms with Crippen molar-refractivity contribution in [2.24, 2.45) is 0 Å². The standard InChI is InChI=1S/C18H16N2O/c21-19-17-13-7-8-14-18(17)20(15-9-3-1-4-10-15)16-11-5-2-6-12-16/h1-14,19,21H. The van der Waals surface area contributed by atoms with Crippen LogP contribution in [0.15, 0.2) is 84.9 Å². The summed E-state index contributed by atoms with van der Waals surface area (Å²) in [7, 11) is 0. The second-order valence-electron chi connectivity index (χ2n) is 4.64. The fourth-order valence-corrected chi connectivity index (χ4v) is 2.34. The third-order valence-electron chi connectivity index (χ3n) is 3.29. The molecule has 0 fully saturated rings. The fraction of sp³-hybridized carbons (Fsp3) is 0. The summed E-state index contributed by atoms with van der Waals surface area (Å²) in [6.45, 7) is 0. The Morgan fingerprint density at radius 3 is 1.62 bits per heavy atom.